The molecule has 2 unspecified atom stereocenters. The lowest BCUT2D eigenvalue weighted by Gasteiger charge is -2.21. The van der Waals surface area contributed by atoms with E-state index in [2.05, 4.69) is 20.4 Å². The number of amides is 1. The molecule has 6 heteroatoms. The summed E-state index contributed by atoms with van der Waals surface area (Å²) in [6.07, 6.45) is 3.14. The highest BCUT2D eigenvalue weighted by Gasteiger charge is 2.19. The molecular weight excluding hydrogens is 314 g/mol. The van der Waals surface area contributed by atoms with Crippen molar-refractivity contribution < 1.29 is 4.79 Å². The average molecular weight is 335 g/mol. The Morgan fingerprint density at radius 1 is 1.12 bits per heavy atom. The van der Waals surface area contributed by atoms with Gasteiger partial charge in [-0.1, -0.05) is 30.3 Å². The molecule has 0 spiro atoms. The molecule has 0 aliphatic rings. The standard InChI is InChI=1S/C19H21N5O/c1-13(15(3)24-12-20-11-21-24)23-19(25)17-9-10-18(22-14(17)2)16-7-5-4-6-8-16/h4-13,15H,1-3H3,(H,23,25). The molecule has 6 nitrogen and oxygen atoms in total. The Labute approximate surface area is 146 Å². The Morgan fingerprint density at radius 2 is 1.88 bits per heavy atom. The van der Waals surface area contributed by atoms with Gasteiger partial charge in [0.25, 0.3) is 5.91 Å². The van der Waals surface area contributed by atoms with E-state index < -0.39 is 0 Å². The lowest BCUT2D eigenvalue weighted by atomic mass is 10.1. The van der Waals surface area contributed by atoms with Crippen molar-refractivity contribution in [1.82, 2.24) is 25.1 Å². The van der Waals surface area contributed by atoms with Gasteiger partial charge < -0.3 is 5.32 Å². The number of hydrogen-bond acceptors (Lipinski definition) is 4. The molecule has 0 aliphatic carbocycles. The molecule has 0 fully saturated rings. The molecule has 0 saturated heterocycles. The summed E-state index contributed by atoms with van der Waals surface area (Å²) in [5.41, 5.74) is 3.18. The fourth-order valence-electron chi connectivity index (χ4n) is 2.63. The number of carbonyl (C=O) groups excluding carboxylic acids is 1. The fraction of sp³-hybridized carbons (Fsp3) is 0.263. The minimum absolute atomic E-state index is 0.00306. The van der Waals surface area contributed by atoms with E-state index in [1.807, 2.05) is 63.2 Å². The molecule has 3 rings (SSSR count). The largest absolute Gasteiger partial charge is 0.347 e. The van der Waals surface area contributed by atoms with Crippen LogP contribution in [0.1, 0.15) is 35.9 Å². The van der Waals surface area contributed by atoms with E-state index in [0.29, 0.717) is 11.3 Å². The van der Waals surface area contributed by atoms with Gasteiger partial charge in [0.15, 0.2) is 0 Å². The summed E-state index contributed by atoms with van der Waals surface area (Å²) < 4.78 is 1.73. The van der Waals surface area contributed by atoms with Crippen LogP contribution in [0.3, 0.4) is 0 Å². The molecule has 1 amide bonds. The van der Waals surface area contributed by atoms with E-state index >= 15 is 0 Å². The van der Waals surface area contributed by atoms with Crippen molar-refractivity contribution in [3.8, 4) is 11.3 Å². The van der Waals surface area contributed by atoms with Crippen molar-refractivity contribution in [2.24, 2.45) is 0 Å². The number of benzene rings is 1. The number of carbonyl (C=O) groups is 1. The molecule has 2 heterocycles. The van der Waals surface area contributed by atoms with Crippen LogP contribution in [0.5, 0.6) is 0 Å². The number of nitrogens with zero attached hydrogens (tertiary/aromatic N) is 4. The van der Waals surface area contributed by atoms with E-state index in [-0.39, 0.29) is 18.0 Å². The zero-order valence-electron chi connectivity index (χ0n) is 14.5. The van der Waals surface area contributed by atoms with Gasteiger partial charge in [-0.25, -0.2) is 9.67 Å². The van der Waals surface area contributed by atoms with Crippen LogP contribution in [0.2, 0.25) is 0 Å². The Kier molecular flexibility index (Phi) is 4.88. The second kappa shape index (κ2) is 7.25. The molecule has 1 N–H and O–H groups in total. The first kappa shape index (κ1) is 16.8. The molecule has 0 bridgehead atoms. The third-order valence-electron chi connectivity index (χ3n) is 4.34. The topological polar surface area (TPSA) is 72.7 Å². The minimum atomic E-state index is -0.135. The molecule has 2 aromatic heterocycles. The van der Waals surface area contributed by atoms with Crippen molar-refractivity contribution in [2.75, 3.05) is 0 Å². The lowest BCUT2D eigenvalue weighted by Crippen LogP contribution is -2.38. The van der Waals surface area contributed by atoms with Gasteiger partial charge in [0, 0.05) is 11.6 Å². The highest BCUT2D eigenvalue weighted by Crippen LogP contribution is 2.19. The van der Waals surface area contributed by atoms with Crippen molar-refractivity contribution in [2.45, 2.75) is 32.9 Å². The molecule has 0 saturated carbocycles. The molecule has 25 heavy (non-hydrogen) atoms. The maximum absolute atomic E-state index is 12.6. The molecule has 2 atom stereocenters. The first-order valence-corrected chi connectivity index (χ1v) is 8.24. The second-order valence-electron chi connectivity index (χ2n) is 6.07. The Morgan fingerprint density at radius 3 is 2.52 bits per heavy atom. The van der Waals surface area contributed by atoms with Gasteiger partial charge in [-0.05, 0) is 32.9 Å². The van der Waals surface area contributed by atoms with Gasteiger partial charge in [0.05, 0.1) is 23.0 Å². The minimum Gasteiger partial charge on any atom is -0.347 e. The average Bonchev–Trinajstić information content (AvgIpc) is 3.16. The van der Waals surface area contributed by atoms with Gasteiger partial charge in [-0.2, -0.15) is 5.10 Å². The zero-order valence-corrected chi connectivity index (χ0v) is 14.5. The molecule has 1 aromatic carbocycles. The van der Waals surface area contributed by atoms with Crippen LogP contribution in [0, 0.1) is 6.92 Å². The van der Waals surface area contributed by atoms with Crippen LogP contribution in [0.25, 0.3) is 11.3 Å². The maximum atomic E-state index is 12.6. The quantitative estimate of drug-likeness (QED) is 0.778. The first-order valence-electron chi connectivity index (χ1n) is 8.24. The molecule has 0 aliphatic heterocycles. The van der Waals surface area contributed by atoms with E-state index in [9.17, 15) is 4.79 Å². The number of nitrogens with one attached hydrogen (secondary N) is 1. The number of aryl methyl sites for hydroxylation is 1. The lowest BCUT2D eigenvalue weighted by molar-refractivity contribution is 0.0927. The summed E-state index contributed by atoms with van der Waals surface area (Å²) >= 11 is 0. The number of pyridine rings is 1. The normalized spacial score (nSPS) is 13.2. The maximum Gasteiger partial charge on any atom is 0.253 e. The highest BCUT2D eigenvalue weighted by atomic mass is 16.1. The third-order valence-corrected chi connectivity index (χ3v) is 4.34. The zero-order chi connectivity index (χ0) is 17.8. The molecular formula is C19H21N5O. The van der Waals surface area contributed by atoms with Gasteiger partial charge in [0.1, 0.15) is 12.7 Å². The summed E-state index contributed by atoms with van der Waals surface area (Å²) in [6.45, 7) is 5.79. The van der Waals surface area contributed by atoms with Crippen molar-refractivity contribution in [1.29, 1.82) is 0 Å². The van der Waals surface area contributed by atoms with E-state index in [1.165, 1.54) is 6.33 Å². The number of hydrogen-bond donors (Lipinski definition) is 1. The first-order chi connectivity index (χ1) is 12.1. The summed E-state index contributed by atoms with van der Waals surface area (Å²) in [5, 5.41) is 7.14. The molecule has 3 aromatic rings. The monoisotopic (exact) mass is 335 g/mol. The Hall–Kier alpha value is -3.02. The summed E-state index contributed by atoms with van der Waals surface area (Å²) in [6, 6.07) is 13.5. The van der Waals surface area contributed by atoms with Crippen LogP contribution >= 0.6 is 0 Å². The Bertz CT molecular complexity index is 846. The van der Waals surface area contributed by atoms with Crippen LogP contribution in [0.15, 0.2) is 55.1 Å². The van der Waals surface area contributed by atoms with Crippen molar-refractivity contribution >= 4 is 5.91 Å². The fourth-order valence-corrected chi connectivity index (χ4v) is 2.63. The van der Waals surface area contributed by atoms with Gasteiger partial charge >= 0.3 is 0 Å². The van der Waals surface area contributed by atoms with E-state index in [1.54, 1.807) is 11.0 Å². The summed E-state index contributed by atoms with van der Waals surface area (Å²) in [5.74, 6) is -0.135. The van der Waals surface area contributed by atoms with E-state index in [0.717, 1.165) is 11.3 Å². The van der Waals surface area contributed by atoms with Crippen LogP contribution < -0.4 is 5.32 Å². The third kappa shape index (κ3) is 3.74. The second-order valence-corrected chi connectivity index (χ2v) is 6.07. The van der Waals surface area contributed by atoms with Gasteiger partial charge in [-0.15, -0.1) is 0 Å². The molecule has 0 radical (unpaired) electrons. The smallest absolute Gasteiger partial charge is 0.253 e. The predicted molar refractivity (Wildman–Crippen MR) is 96.1 cm³/mol. The molecule has 128 valence electrons. The van der Waals surface area contributed by atoms with E-state index in [4.69, 9.17) is 0 Å². The van der Waals surface area contributed by atoms with Crippen molar-refractivity contribution in [3.63, 3.8) is 0 Å². The highest BCUT2D eigenvalue weighted by molar-refractivity contribution is 5.95. The van der Waals surface area contributed by atoms with Gasteiger partial charge in [0.2, 0.25) is 0 Å². The SMILES string of the molecule is Cc1nc(-c2ccccc2)ccc1C(=O)NC(C)C(C)n1cncn1. The van der Waals surface area contributed by atoms with Crippen molar-refractivity contribution in [3.05, 3.63) is 66.4 Å². The number of rotatable bonds is 5. The van der Waals surface area contributed by atoms with Crippen LogP contribution in [-0.4, -0.2) is 31.7 Å². The number of aromatic nitrogens is 4. The Balaban J connectivity index is 1.74. The van der Waals surface area contributed by atoms with Gasteiger partial charge in [-0.3, -0.25) is 9.78 Å². The van der Waals surface area contributed by atoms with Crippen LogP contribution in [-0.2, 0) is 0 Å². The predicted octanol–water partition coefficient (Wildman–Crippen LogP) is 3.03. The summed E-state index contributed by atoms with van der Waals surface area (Å²) in [4.78, 5) is 21.1. The van der Waals surface area contributed by atoms with Crippen LogP contribution in [0.4, 0.5) is 0 Å². The summed E-state index contributed by atoms with van der Waals surface area (Å²) in [7, 11) is 0.